The third kappa shape index (κ3) is 5.85. The smallest absolute Gasteiger partial charge is 0.338 e. The van der Waals surface area contributed by atoms with Crippen LogP contribution in [-0.2, 0) is 9.53 Å². The van der Waals surface area contributed by atoms with E-state index < -0.39 is 5.97 Å². The van der Waals surface area contributed by atoms with Crippen LogP contribution >= 0.6 is 23.1 Å². The number of carbonyl (C=O) groups excluding carboxylic acids is 2. The summed E-state index contributed by atoms with van der Waals surface area (Å²) in [5.41, 5.74) is 3.34. The zero-order valence-electron chi connectivity index (χ0n) is 22.0. The molecule has 1 N–H and O–H groups in total. The van der Waals surface area contributed by atoms with Gasteiger partial charge in [-0.3, -0.25) is 14.2 Å². The standard InChI is InChI=1S/C31H27N3O4S2/c1-3-18-38-30(37)22-14-16-23(17-15-22)32-25(35)19-39-31-33-28-27(29(36)34(31)24-12-8-5-9-13-24)26(20(2)40-28)21-10-6-4-7-11-21/h4-17H,3,18-19H2,1-2H3,(H,32,35). The van der Waals surface area contributed by atoms with Gasteiger partial charge in [0.05, 0.1) is 29.0 Å². The molecule has 0 aliphatic heterocycles. The molecule has 0 fully saturated rings. The van der Waals surface area contributed by atoms with E-state index in [0.29, 0.717) is 38.9 Å². The number of para-hydroxylation sites is 1. The first-order valence-corrected chi connectivity index (χ1v) is 14.6. The highest BCUT2D eigenvalue weighted by Crippen LogP contribution is 2.37. The first-order valence-electron chi connectivity index (χ1n) is 12.8. The summed E-state index contributed by atoms with van der Waals surface area (Å²) in [5.74, 6) is -0.608. The number of thioether (sulfide) groups is 1. The van der Waals surface area contributed by atoms with Gasteiger partial charge in [0.15, 0.2) is 5.16 Å². The van der Waals surface area contributed by atoms with Crippen molar-refractivity contribution in [3.8, 4) is 16.8 Å². The minimum Gasteiger partial charge on any atom is -0.462 e. The molecule has 5 aromatic rings. The molecule has 3 aromatic carbocycles. The summed E-state index contributed by atoms with van der Waals surface area (Å²) in [7, 11) is 0. The second-order valence-electron chi connectivity index (χ2n) is 9.00. The molecule has 0 bridgehead atoms. The molecule has 0 aliphatic rings. The Kier molecular flexibility index (Phi) is 8.42. The molecule has 0 radical (unpaired) electrons. The number of hydrogen-bond donors (Lipinski definition) is 1. The molecule has 2 aromatic heterocycles. The summed E-state index contributed by atoms with van der Waals surface area (Å²) in [5, 5.41) is 3.85. The van der Waals surface area contributed by atoms with E-state index in [0.717, 1.165) is 22.4 Å². The van der Waals surface area contributed by atoms with Crippen molar-refractivity contribution in [1.82, 2.24) is 9.55 Å². The zero-order valence-corrected chi connectivity index (χ0v) is 23.7. The Morgan fingerprint density at radius 3 is 2.33 bits per heavy atom. The second-order valence-corrected chi connectivity index (χ2v) is 11.1. The summed E-state index contributed by atoms with van der Waals surface area (Å²) in [6.45, 7) is 4.29. The maximum absolute atomic E-state index is 14.0. The number of fused-ring (bicyclic) bond motifs is 1. The van der Waals surface area contributed by atoms with Gasteiger partial charge in [-0.2, -0.15) is 0 Å². The average molecular weight is 570 g/mol. The van der Waals surface area contributed by atoms with Crippen molar-refractivity contribution in [2.75, 3.05) is 17.7 Å². The van der Waals surface area contributed by atoms with E-state index in [1.807, 2.05) is 74.5 Å². The molecular weight excluding hydrogens is 542 g/mol. The van der Waals surface area contributed by atoms with E-state index in [2.05, 4.69) is 5.32 Å². The van der Waals surface area contributed by atoms with Gasteiger partial charge in [0, 0.05) is 16.1 Å². The number of carbonyl (C=O) groups is 2. The number of rotatable bonds is 9. The van der Waals surface area contributed by atoms with Crippen molar-refractivity contribution in [3.63, 3.8) is 0 Å². The van der Waals surface area contributed by atoms with Gasteiger partial charge in [-0.25, -0.2) is 9.78 Å². The Balaban J connectivity index is 1.42. The van der Waals surface area contributed by atoms with E-state index in [-0.39, 0.29) is 17.2 Å². The molecule has 0 saturated carbocycles. The fraction of sp³-hybridized carbons (Fsp3) is 0.161. The van der Waals surface area contributed by atoms with Crippen LogP contribution in [0, 0.1) is 6.92 Å². The third-order valence-electron chi connectivity index (χ3n) is 6.12. The predicted molar refractivity (Wildman–Crippen MR) is 162 cm³/mol. The molecule has 0 atom stereocenters. The number of nitrogens with one attached hydrogen (secondary N) is 1. The Morgan fingerprint density at radius 1 is 0.975 bits per heavy atom. The second kappa shape index (κ2) is 12.3. The number of benzene rings is 3. The highest BCUT2D eigenvalue weighted by Gasteiger charge is 2.21. The molecule has 7 nitrogen and oxygen atoms in total. The molecule has 40 heavy (non-hydrogen) atoms. The van der Waals surface area contributed by atoms with Crippen LogP contribution in [0.3, 0.4) is 0 Å². The molecule has 0 unspecified atom stereocenters. The molecule has 202 valence electrons. The van der Waals surface area contributed by atoms with Crippen LogP contribution in [0.4, 0.5) is 5.69 Å². The monoisotopic (exact) mass is 569 g/mol. The van der Waals surface area contributed by atoms with Crippen LogP contribution < -0.4 is 10.9 Å². The predicted octanol–water partition coefficient (Wildman–Crippen LogP) is 6.72. The van der Waals surface area contributed by atoms with Crippen molar-refractivity contribution in [2.45, 2.75) is 25.4 Å². The average Bonchev–Trinajstić information content (AvgIpc) is 3.32. The van der Waals surface area contributed by atoms with E-state index in [9.17, 15) is 14.4 Å². The van der Waals surface area contributed by atoms with Gasteiger partial charge in [0.25, 0.3) is 5.56 Å². The third-order valence-corrected chi connectivity index (χ3v) is 8.06. The summed E-state index contributed by atoms with van der Waals surface area (Å²) < 4.78 is 6.72. The van der Waals surface area contributed by atoms with Crippen molar-refractivity contribution in [2.24, 2.45) is 0 Å². The SMILES string of the molecule is CCCOC(=O)c1ccc(NC(=O)CSc2nc3sc(C)c(-c4ccccc4)c3c(=O)n2-c2ccccc2)cc1. The summed E-state index contributed by atoms with van der Waals surface area (Å²) >= 11 is 2.67. The summed E-state index contributed by atoms with van der Waals surface area (Å²) in [6, 6.07) is 25.7. The highest BCUT2D eigenvalue weighted by atomic mass is 32.2. The summed E-state index contributed by atoms with van der Waals surface area (Å²) in [6.07, 6.45) is 0.748. The number of anilines is 1. The Bertz CT molecular complexity index is 1710. The lowest BCUT2D eigenvalue weighted by atomic mass is 10.0. The number of ether oxygens (including phenoxy) is 1. The van der Waals surface area contributed by atoms with Gasteiger partial charge >= 0.3 is 5.97 Å². The maximum atomic E-state index is 14.0. The van der Waals surface area contributed by atoms with Crippen LogP contribution in [-0.4, -0.2) is 33.8 Å². The molecule has 0 saturated heterocycles. The molecule has 9 heteroatoms. The first kappa shape index (κ1) is 27.4. The molecule has 1 amide bonds. The lowest BCUT2D eigenvalue weighted by Crippen LogP contribution is -2.22. The van der Waals surface area contributed by atoms with Crippen LogP contribution in [0.2, 0.25) is 0 Å². The van der Waals surface area contributed by atoms with Gasteiger partial charge in [0.1, 0.15) is 4.83 Å². The molecule has 5 rings (SSSR count). The fourth-order valence-electron chi connectivity index (χ4n) is 4.29. The molecule has 0 aliphatic carbocycles. The summed E-state index contributed by atoms with van der Waals surface area (Å²) in [4.78, 5) is 45.4. The van der Waals surface area contributed by atoms with Gasteiger partial charge in [-0.1, -0.05) is 67.2 Å². The number of hydrogen-bond acceptors (Lipinski definition) is 7. The first-order chi connectivity index (χ1) is 19.5. The van der Waals surface area contributed by atoms with E-state index in [4.69, 9.17) is 9.72 Å². The van der Waals surface area contributed by atoms with Crippen LogP contribution in [0.25, 0.3) is 27.0 Å². The van der Waals surface area contributed by atoms with Crippen LogP contribution in [0.1, 0.15) is 28.6 Å². The van der Waals surface area contributed by atoms with Gasteiger partial charge < -0.3 is 10.1 Å². The number of aryl methyl sites for hydroxylation is 1. The Labute approximate surface area is 239 Å². The quantitative estimate of drug-likeness (QED) is 0.120. The largest absolute Gasteiger partial charge is 0.462 e. The zero-order chi connectivity index (χ0) is 28.1. The van der Waals surface area contributed by atoms with E-state index in [1.54, 1.807) is 28.8 Å². The molecule has 2 heterocycles. The van der Waals surface area contributed by atoms with Gasteiger partial charge in [-0.15, -0.1) is 11.3 Å². The minimum absolute atomic E-state index is 0.0426. The van der Waals surface area contributed by atoms with Crippen molar-refractivity contribution in [3.05, 3.63) is 106 Å². The topological polar surface area (TPSA) is 90.3 Å². The van der Waals surface area contributed by atoms with Gasteiger partial charge in [-0.05, 0) is 55.3 Å². The van der Waals surface area contributed by atoms with Crippen LogP contribution in [0.5, 0.6) is 0 Å². The molecular formula is C31H27N3O4S2. The van der Waals surface area contributed by atoms with E-state index in [1.165, 1.54) is 23.1 Å². The van der Waals surface area contributed by atoms with Crippen molar-refractivity contribution < 1.29 is 14.3 Å². The lowest BCUT2D eigenvalue weighted by Gasteiger charge is -2.13. The molecule has 0 spiro atoms. The van der Waals surface area contributed by atoms with E-state index >= 15 is 0 Å². The normalized spacial score (nSPS) is 10.9. The van der Waals surface area contributed by atoms with Crippen LogP contribution in [0.15, 0.2) is 94.9 Å². The number of aromatic nitrogens is 2. The minimum atomic E-state index is -0.394. The maximum Gasteiger partial charge on any atom is 0.338 e. The fourth-order valence-corrected chi connectivity index (χ4v) is 6.19. The Morgan fingerprint density at radius 2 is 1.65 bits per heavy atom. The van der Waals surface area contributed by atoms with Gasteiger partial charge in [0.2, 0.25) is 5.91 Å². The van der Waals surface area contributed by atoms with Crippen molar-refractivity contribution in [1.29, 1.82) is 0 Å². The van der Waals surface area contributed by atoms with Crippen molar-refractivity contribution >= 4 is 50.9 Å². The Hall–Kier alpha value is -4.21. The number of esters is 1. The highest BCUT2D eigenvalue weighted by molar-refractivity contribution is 7.99. The number of thiophene rings is 1. The lowest BCUT2D eigenvalue weighted by molar-refractivity contribution is -0.113. The number of amides is 1. The number of nitrogens with zero attached hydrogens (tertiary/aromatic N) is 2.